The van der Waals surface area contributed by atoms with E-state index in [-0.39, 0.29) is 4.90 Å². The number of rotatable bonds is 8. The number of benzene rings is 2. The fourth-order valence-corrected chi connectivity index (χ4v) is 4.30. The lowest BCUT2D eigenvalue weighted by Gasteiger charge is -2.11. The predicted octanol–water partition coefficient (Wildman–Crippen LogP) is 5.68. The summed E-state index contributed by atoms with van der Waals surface area (Å²) in [6.45, 7) is 4.15. The quantitative estimate of drug-likeness (QED) is 0.569. The molecule has 2 rings (SSSR count). The average Bonchev–Trinajstić information content (AvgIpc) is 2.55. The first kappa shape index (κ1) is 19.0. The minimum atomic E-state index is -3.57. The zero-order chi connectivity index (χ0) is 17.6. The molecule has 0 aliphatic rings. The van der Waals surface area contributed by atoms with Crippen LogP contribution in [0.2, 0.25) is 0 Å². The van der Waals surface area contributed by atoms with Crippen molar-refractivity contribution in [1.82, 2.24) is 0 Å². The number of sulfonamides is 1. The van der Waals surface area contributed by atoms with Crippen LogP contribution in [0, 0.1) is 6.92 Å². The summed E-state index contributed by atoms with van der Waals surface area (Å²) in [5.41, 5.74) is 2.79. The largest absolute Gasteiger partial charge is 0.278 e. The molecule has 0 radical (unpaired) electrons. The topological polar surface area (TPSA) is 46.2 Å². The number of unbranched alkanes of at least 4 members (excludes halogenated alkanes) is 3. The lowest BCUT2D eigenvalue weighted by atomic mass is 10.1. The van der Waals surface area contributed by atoms with E-state index in [0.29, 0.717) is 5.69 Å². The van der Waals surface area contributed by atoms with Gasteiger partial charge >= 0.3 is 0 Å². The van der Waals surface area contributed by atoms with Crippen LogP contribution in [0.15, 0.2) is 51.8 Å². The van der Waals surface area contributed by atoms with Crippen LogP contribution in [0.5, 0.6) is 0 Å². The van der Waals surface area contributed by atoms with E-state index in [1.165, 1.54) is 24.8 Å². The van der Waals surface area contributed by atoms with Gasteiger partial charge in [-0.25, -0.2) is 8.42 Å². The SMILES string of the molecule is CCCCCCc1ccc(S(=O)(=O)Nc2ccc(C)cc2Br)cc1. The number of aryl methyl sites for hydroxylation is 2. The third-order valence-corrected chi connectivity index (χ3v) is 5.96. The molecule has 0 fully saturated rings. The number of halogens is 1. The third kappa shape index (κ3) is 5.35. The summed E-state index contributed by atoms with van der Waals surface area (Å²) < 4.78 is 28.4. The molecule has 0 unspecified atom stereocenters. The molecule has 24 heavy (non-hydrogen) atoms. The minimum Gasteiger partial charge on any atom is -0.278 e. The molecule has 2 aromatic rings. The maximum absolute atomic E-state index is 12.5. The molecule has 0 bridgehead atoms. The molecule has 2 aromatic carbocycles. The van der Waals surface area contributed by atoms with Gasteiger partial charge < -0.3 is 0 Å². The smallest absolute Gasteiger partial charge is 0.261 e. The van der Waals surface area contributed by atoms with Gasteiger partial charge in [-0.3, -0.25) is 4.72 Å². The first-order chi connectivity index (χ1) is 11.4. The molecule has 0 aliphatic heterocycles. The Bertz CT molecular complexity index is 770. The third-order valence-electron chi connectivity index (χ3n) is 3.92. The van der Waals surface area contributed by atoms with Gasteiger partial charge in [-0.2, -0.15) is 0 Å². The summed E-state index contributed by atoms with van der Waals surface area (Å²) in [6, 6.07) is 12.7. The van der Waals surface area contributed by atoms with Gasteiger partial charge in [0.25, 0.3) is 10.0 Å². The van der Waals surface area contributed by atoms with E-state index >= 15 is 0 Å². The molecule has 0 atom stereocenters. The molecule has 0 heterocycles. The lowest BCUT2D eigenvalue weighted by Crippen LogP contribution is -2.13. The average molecular weight is 410 g/mol. The van der Waals surface area contributed by atoms with Gasteiger partial charge in [0.2, 0.25) is 0 Å². The Labute approximate surface area is 153 Å². The molecule has 3 nitrogen and oxygen atoms in total. The van der Waals surface area contributed by atoms with Crippen LogP contribution in [0.3, 0.4) is 0 Å². The molecule has 0 aliphatic carbocycles. The molecule has 0 saturated carbocycles. The first-order valence-electron chi connectivity index (χ1n) is 8.30. The molecule has 1 N–H and O–H groups in total. The molecule has 0 aromatic heterocycles. The second-order valence-corrected chi connectivity index (χ2v) is 8.58. The highest BCUT2D eigenvalue weighted by atomic mass is 79.9. The van der Waals surface area contributed by atoms with Crippen LogP contribution in [-0.4, -0.2) is 8.42 Å². The van der Waals surface area contributed by atoms with E-state index in [9.17, 15) is 8.42 Å². The van der Waals surface area contributed by atoms with Crippen molar-refractivity contribution in [3.8, 4) is 0 Å². The van der Waals surface area contributed by atoms with Crippen molar-refractivity contribution < 1.29 is 8.42 Å². The van der Waals surface area contributed by atoms with Gasteiger partial charge in [0.05, 0.1) is 10.6 Å². The Morgan fingerprint density at radius 2 is 1.71 bits per heavy atom. The van der Waals surface area contributed by atoms with Crippen LogP contribution in [0.4, 0.5) is 5.69 Å². The van der Waals surface area contributed by atoms with Crippen LogP contribution >= 0.6 is 15.9 Å². The second kappa shape index (κ2) is 8.67. The predicted molar refractivity (Wildman–Crippen MR) is 104 cm³/mol. The van der Waals surface area contributed by atoms with Crippen molar-refractivity contribution in [2.45, 2.75) is 50.8 Å². The Balaban J connectivity index is 2.06. The van der Waals surface area contributed by atoms with Crippen molar-refractivity contribution in [3.05, 3.63) is 58.1 Å². The fraction of sp³-hybridized carbons (Fsp3) is 0.368. The molecular weight excluding hydrogens is 386 g/mol. The zero-order valence-corrected chi connectivity index (χ0v) is 16.6. The van der Waals surface area contributed by atoms with Gasteiger partial charge in [-0.1, -0.05) is 44.4 Å². The molecule has 5 heteroatoms. The van der Waals surface area contributed by atoms with Crippen LogP contribution < -0.4 is 4.72 Å². The Morgan fingerprint density at radius 3 is 2.33 bits per heavy atom. The summed E-state index contributed by atoms with van der Waals surface area (Å²) in [7, 11) is -3.57. The second-order valence-electron chi connectivity index (χ2n) is 6.04. The van der Waals surface area contributed by atoms with Gasteiger partial charge in [-0.05, 0) is 71.1 Å². The summed E-state index contributed by atoms with van der Waals surface area (Å²) in [4.78, 5) is 0.285. The fourth-order valence-electron chi connectivity index (χ4n) is 2.50. The van der Waals surface area contributed by atoms with Crippen LogP contribution in [0.1, 0.15) is 43.7 Å². The standard InChI is InChI=1S/C19H24BrNO2S/c1-3-4-5-6-7-16-9-11-17(12-10-16)24(22,23)21-19-13-8-15(2)14-18(19)20/h8-14,21H,3-7H2,1-2H3. The van der Waals surface area contributed by atoms with Crippen molar-refractivity contribution in [2.24, 2.45) is 0 Å². The number of hydrogen-bond donors (Lipinski definition) is 1. The van der Waals surface area contributed by atoms with E-state index in [1.54, 1.807) is 18.2 Å². The number of nitrogens with one attached hydrogen (secondary N) is 1. The number of anilines is 1. The normalized spacial score (nSPS) is 11.5. The maximum Gasteiger partial charge on any atom is 0.261 e. The highest BCUT2D eigenvalue weighted by Gasteiger charge is 2.15. The van der Waals surface area contributed by atoms with Gasteiger partial charge in [-0.15, -0.1) is 0 Å². The Morgan fingerprint density at radius 1 is 1.00 bits per heavy atom. The van der Waals surface area contributed by atoms with Crippen molar-refractivity contribution in [2.75, 3.05) is 4.72 Å². The van der Waals surface area contributed by atoms with E-state index < -0.39 is 10.0 Å². The first-order valence-corrected chi connectivity index (χ1v) is 10.6. The van der Waals surface area contributed by atoms with E-state index in [1.807, 2.05) is 31.2 Å². The summed E-state index contributed by atoms with van der Waals surface area (Å²) >= 11 is 3.40. The van der Waals surface area contributed by atoms with E-state index in [4.69, 9.17) is 0 Å². The summed E-state index contributed by atoms with van der Waals surface area (Å²) in [6.07, 6.45) is 5.84. The van der Waals surface area contributed by atoms with Gasteiger partial charge in [0, 0.05) is 4.47 Å². The molecule has 0 amide bonds. The van der Waals surface area contributed by atoms with Crippen LogP contribution in [0.25, 0.3) is 0 Å². The van der Waals surface area contributed by atoms with Gasteiger partial charge in [0.1, 0.15) is 0 Å². The monoisotopic (exact) mass is 409 g/mol. The van der Waals surface area contributed by atoms with E-state index in [2.05, 4.69) is 27.6 Å². The summed E-state index contributed by atoms with van der Waals surface area (Å²) in [5, 5.41) is 0. The molecular formula is C19H24BrNO2S. The maximum atomic E-state index is 12.5. The Kier molecular flexibility index (Phi) is 6.87. The highest BCUT2D eigenvalue weighted by molar-refractivity contribution is 9.10. The number of hydrogen-bond acceptors (Lipinski definition) is 2. The lowest BCUT2D eigenvalue weighted by molar-refractivity contribution is 0.601. The van der Waals surface area contributed by atoms with Crippen molar-refractivity contribution in [3.63, 3.8) is 0 Å². The zero-order valence-electron chi connectivity index (χ0n) is 14.2. The molecule has 0 spiro atoms. The molecule has 130 valence electrons. The Hall–Kier alpha value is -1.33. The minimum absolute atomic E-state index is 0.285. The van der Waals surface area contributed by atoms with Crippen molar-refractivity contribution in [1.29, 1.82) is 0 Å². The highest BCUT2D eigenvalue weighted by Crippen LogP contribution is 2.26. The molecule has 0 saturated heterocycles. The van der Waals surface area contributed by atoms with Crippen molar-refractivity contribution >= 4 is 31.6 Å². The summed E-state index contributed by atoms with van der Waals surface area (Å²) in [5.74, 6) is 0. The van der Waals surface area contributed by atoms with E-state index in [0.717, 1.165) is 22.9 Å². The van der Waals surface area contributed by atoms with Crippen LogP contribution in [-0.2, 0) is 16.4 Å². The van der Waals surface area contributed by atoms with Gasteiger partial charge in [0.15, 0.2) is 0 Å².